The predicted molar refractivity (Wildman–Crippen MR) is 170 cm³/mol. The number of nitrogens with zero attached hydrogens (tertiary/aromatic N) is 3. The molecular weight excluding hydrogens is 573 g/mol. The Bertz CT molecular complexity index is 1410. The summed E-state index contributed by atoms with van der Waals surface area (Å²) in [7, 11) is 0. The molecule has 1 saturated carbocycles. The van der Waals surface area contributed by atoms with Gasteiger partial charge in [-0.25, -0.2) is 9.18 Å². The fraction of sp³-hybridized carbons (Fsp3) is 0.571. The second kappa shape index (κ2) is 12.6. The van der Waals surface area contributed by atoms with Gasteiger partial charge >= 0.3 is 6.09 Å². The molecule has 6 rings (SSSR count). The van der Waals surface area contributed by atoms with Gasteiger partial charge in [-0.15, -0.1) is 0 Å². The van der Waals surface area contributed by atoms with E-state index in [1.807, 2.05) is 12.1 Å². The summed E-state index contributed by atoms with van der Waals surface area (Å²) in [5.41, 5.74) is 7.65. The number of nitrogens with two attached hydrogens (primary N) is 1. The summed E-state index contributed by atoms with van der Waals surface area (Å²) in [6.07, 6.45) is 3.43. The zero-order valence-electron chi connectivity index (χ0n) is 26.6. The predicted octanol–water partition coefficient (Wildman–Crippen LogP) is 4.23. The van der Waals surface area contributed by atoms with Crippen LogP contribution in [0, 0.1) is 17.7 Å². The molecule has 45 heavy (non-hydrogen) atoms. The summed E-state index contributed by atoms with van der Waals surface area (Å²) in [6.45, 7) is 9.18. The summed E-state index contributed by atoms with van der Waals surface area (Å²) in [4.78, 5) is 45.2. The number of likely N-dealkylation sites (tertiary alicyclic amines) is 2. The topological polar surface area (TPSA) is 108 Å². The highest BCUT2D eigenvalue weighted by Gasteiger charge is 2.53. The first-order valence-electron chi connectivity index (χ1n) is 16.4. The molecule has 242 valence electrons. The quantitative estimate of drug-likeness (QED) is 0.435. The number of primary amides is 1. The number of carbonyl (C=O) groups is 3. The second-order valence-electron chi connectivity index (χ2n) is 14.3. The zero-order chi connectivity index (χ0) is 31.9. The van der Waals surface area contributed by atoms with Crippen LogP contribution in [0.2, 0.25) is 0 Å². The first kappa shape index (κ1) is 31.3. The Labute approximate surface area is 265 Å². The standard InChI is InChI=1S/C35H46FN5O4/c1-35(2,3)45-34(44)41-27-13-10-24(17-27)31(41)33(43)38-29(32(37)42)14-11-23-9-12-26(18-28(23)36)40-20-25-15-16-39(30(25)21-40)19-22-7-5-4-6-8-22/h4-9,12,18,24-25,27,29-31H,10-11,13-17,19-21H2,1-3H3,(H2,37,42)(H,38,43). The number of ether oxygens (including phenoxy) is 1. The van der Waals surface area contributed by atoms with E-state index in [-0.39, 0.29) is 30.6 Å². The Morgan fingerprint density at radius 3 is 2.53 bits per heavy atom. The largest absolute Gasteiger partial charge is 0.444 e. The van der Waals surface area contributed by atoms with Crippen molar-refractivity contribution in [3.63, 3.8) is 0 Å². The molecule has 4 fully saturated rings. The van der Waals surface area contributed by atoms with E-state index in [0.717, 1.165) is 57.5 Å². The van der Waals surface area contributed by atoms with Crippen LogP contribution in [0.1, 0.15) is 64.0 Å². The molecule has 9 nitrogen and oxygen atoms in total. The number of halogens is 1. The van der Waals surface area contributed by atoms with Gasteiger partial charge in [0.15, 0.2) is 0 Å². The van der Waals surface area contributed by atoms with Crippen LogP contribution in [-0.2, 0) is 27.3 Å². The molecule has 4 aliphatic rings. The number of fused-ring (bicyclic) bond motifs is 3. The van der Waals surface area contributed by atoms with Gasteiger partial charge in [0, 0.05) is 37.4 Å². The van der Waals surface area contributed by atoms with Gasteiger partial charge in [-0.3, -0.25) is 19.4 Å². The Balaban J connectivity index is 1.06. The molecule has 3 heterocycles. The molecule has 2 aromatic rings. The lowest BCUT2D eigenvalue weighted by atomic mass is 9.97. The maximum atomic E-state index is 15.4. The molecule has 3 saturated heterocycles. The minimum atomic E-state index is -0.982. The van der Waals surface area contributed by atoms with E-state index >= 15 is 4.39 Å². The van der Waals surface area contributed by atoms with Gasteiger partial charge in [0.25, 0.3) is 0 Å². The summed E-state index contributed by atoms with van der Waals surface area (Å²) in [5.74, 6) is -0.844. The van der Waals surface area contributed by atoms with Crippen molar-refractivity contribution in [2.45, 2.75) is 95.6 Å². The lowest BCUT2D eigenvalue weighted by Gasteiger charge is -2.36. The van der Waals surface area contributed by atoms with E-state index < -0.39 is 35.6 Å². The SMILES string of the molecule is CC(C)(C)OC(=O)N1C2CCC(C2)C1C(=O)NC(CCc1ccc(N2CC3CCN(Cc4ccccc4)C3C2)cc1F)C(N)=O. The molecule has 3 amide bonds. The van der Waals surface area contributed by atoms with Crippen LogP contribution in [-0.4, -0.2) is 77.1 Å². The first-order chi connectivity index (χ1) is 21.5. The van der Waals surface area contributed by atoms with E-state index in [9.17, 15) is 14.4 Å². The first-order valence-corrected chi connectivity index (χ1v) is 16.4. The molecule has 2 aromatic carbocycles. The Kier molecular flexibility index (Phi) is 8.78. The Morgan fingerprint density at radius 2 is 1.82 bits per heavy atom. The lowest BCUT2D eigenvalue weighted by Crippen LogP contribution is -2.57. The molecule has 6 unspecified atom stereocenters. The molecule has 3 N–H and O–H groups in total. The fourth-order valence-electron chi connectivity index (χ4n) is 7.96. The second-order valence-corrected chi connectivity index (χ2v) is 14.3. The van der Waals surface area contributed by atoms with Crippen molar-refractivity contribution in [2.24, 2.45) is 17.6 Å². The maximum Gasteiger partial charge on any atom is 0.411 e. The molecule has 2 bridgehead atoms. The summed E-state index contributed by atoms with van der Waals surface area (Å²) in [5, 5.41) is 2.78. The van der Waals surface area contributed by atoms with Crippen LogP contribution < -0.4 is 16.0 Å². The third kappa shape index (κ3) is 6.81. The normalized spacial score (nSPS) is 26.6. The van der Waals surface area contributed by atoms with Crippen LogP contribution >= 0.6 is 0 Å². The minimum Gasteiger partial charge on any atom is -0.444 e. The molecule has 3 aliphatic heterocycles. The number of rotatable bonds is 9. The van der Waals surface area contributed by atoms with Crippen LogP contribution in [0.5, 0.6) is 0 Å². The number of carbonyl (C=O) groups excluding carboxylic acids is 3. The monoisotopic (exact) mass is 619 g/mol. The third-order valence-electron chi connectivity index (χ3n) is 10.1. The van der Waals surface area contributed by atoms with Crippen molar-refractivity contribution in [3.8, 4) is 0 Å². The van der Waals surface area contributed by atoms with Crippen LogP contribution in [0.3, 0.4) is 0 Å². The van der Waals surface area contributed by atoms with E-state index in [1.54, 1.807) is 37.8 Å². The maximum absolute atomic E-state index is 15.4. The third-order valence-corrected chi connectivity index (χ3v) is 10.1. The number of nitrogens with one attached hydrogen (secondary N) is 1. The van der Waals surface area contributed by atoms with Crippen molar-refractivity contribution >= 4 is 23.6 Å². The van der Waals surface area contributed by atoms with Crippen molar-refractivity contribution in [3.05, 3.63) is 65.5 Å². The average molecular weight is 620 g/mol. The lowest BCUT2D eigenvalue weighted by molar-refractivity contribution is -0.132. The van der Waals surface area contributed by atoms with Gasteiger partial charge in [0.1, 0.15) is 23.5 Å². The van der Waals surface area contributed by atoms with Gasteiger partial charge in [0.05, 0.1) is 0 Å². The summed E-state index contributed by atoms with van der Waals surface area (Å²) < 4.78 is 21.0. The zero-order valence-corrected chi connectivity index (χ0v) is 26.6. The van der Waals surface area contributed by atoms with Crippen LogP contribution in [0.25, 0.3) is 0 Å². The fourth-order valence-corrected chi connectivity index (χ4v) is 7.96. The van der Waals surface area contributed by atoms with E-state index in [0.29, 0.717) is 17.5 Å². The molecule has 0 spiro atoms. The van der Waals surface area contributed by atoms with Gasteiger partial charge in [-0.05, 0) is 101 Å². The van der Waals surface area contributed by atoms with Crippen LogP contribution in [0.4, 0.5) is 14.9 Å². The highest BCUT2D eigenvalue weighted by Crippen LogP contribution is 2.43. The summed E-state index contributed by atoms with van der Waals surface area (Å²) >= 11 is 0. The number of benzene rings is 2. The number of amides is 3. The smallest absolute Gasteiger partial charge is 0.411 e. The molecule has 6 atom stereocenters. The molecule has 1 aliphatic carbocycles. The number of hydrogen-bond donors (Lipinski definition) is 2. The molecular formula is C35H46FN5O4. The summed E-state index contributed by atoms with van der Waals surface area (Å²) in [6, 6.07) is 14.5. The van der Waals surface area contributed by atoms with Crippen molar-refractivity contribution < 1.29 is 23.5 Å². The molecule has 0 aromatic heterocycles. The van der Waals surface area contributed by atoms with Crippen molar-refractivity contribution in [1.29, 1.82) is 0 Å². The van der Waals surface area contributed by atoms with E-state index in [4.69, 9.17) is 10.5 Å². The highest BCUT2D eigenvalue weighted by molar-refractivity contribution is 5.91. The van der Waals surface area contributed by atoms with Gasteiger partial charge < -0.3 is 20.7 Å². The average Bonchev–Trinajstić information content (AvgIpc) is 3.77. The Morgan fingerprint density at radius 1 is 1.04 bits per heavy atom. The number of anilines is 1. The molecule has 10 heteroatoms. The molecule has 0 radical (unpaired) electrons. The van der Waals surface area contributed by atoms with Crippen molar-refractivity contribution in [1.82, 2.24) is 15.1 Å². The van der Waals surface area contributed by atoms with Crippen molar-refractivity contribution in [2.75, 3.05) is 24.5 Å². The number of piperidine rings is 1. The Hall–Kier alpha value is -3.66. The number of hydrogen-bond acceptors (Lipinski definition) is 6. The van der Waals surface area contributed by atoms with E-state index in [2.05, 4.69) is 39.4 Å². The van der Waals surface area contributed by atoms with Gasteiger partial charge in [-0.1, -0.05) is 36.4 Å². The van der Waals surface area contributed by atoms with Gasteiger partial charge in [0.2, 0.25) is 11.8 Å². The minimum absolute atomic E-state index is 0.0107. The van der Waals surface area contributed by atoms with Gasteiger partial charge in [-0.2, -0.15) is 0 Å². The highest BCUT2D eigenvalue weighted by atomic mass is 19.1. The van der Waals surface area contributed by atoms with Crippen LogP contribution in [0.15, 0.2) is 48.5 Å². The number of aryl methyl sites for hydroxylation is 1. The van der Waals surface area contributed by atoms with E-state index in [1.165, 1.54) is 5.56 Å².